The molecule has 1 aromatic rings. The van der Waals surface area contributed by atoms with Crippen LogP contribution in [0, 0.1) is 0 Å². The Morgan fingerprint density at radius 2 is 1.74 bits per heavy atom. The molecular weight excluding hydrogens is 257 g/mol. The molecule has 3 rings (SSSR count). The number of anilines is 1. The van der Waals surface area contributed by atoms with Crippen LogP contribution in [0.4, 0.5) is 19.1 Å². The summed E-state index contributed by atoms with van der Waals surface area (Å²) in [6.07, 6.45) is -1.32. The van der Waals surface area contributed by atoms with Gasteiger partial charge in [0.15, 0.2) is 5.69 Å². The highest BCUT2D eigenvalue weighted by atomic mass is 19.4. The smallest absolute Gasteiger partial charge is 0.341 e. The highest BCUT2D eigenvalue weighted by Gasteiger charge is 2.39. The predicted molar refractivity (Wildman–Crippen MR) is 63.6 cm³/mol. The first-order valence-corrected chi connectivity index (χ1v) is 6.48. The van der Waals surface area contributed by atoms with Crippen LogP contribution in [0.25, 0.3) is 0 Å². The fourth-order valence-corrected chi connectivity index (χ4v) is 2.63. The highest BCUT2D eigenvalue weighted by Crippen LogP contribution is 2.34. The second-order valence-corrected chi connectivity index (χ2v) is 4.95. The van der Waals surface area contributed by atoms with Gasteiger partial charge < -0.3 is 10.2 Å². The van der Waals surface area contributed by atoms with E-state index in [0.717, 1.165) is 32.4 Å². The Bertz CT molecular complexity index is 481. The van der Waals surface area contributed by atoms with Gasteiger partial charge in [0.25, 0.3) is 0 Å². The lowest BCUT2D eigenvalue weighted by Crippen LogP contribution is -2.32. The number of piperidine rings is 1. The van der Waals surface area contributed by atoms with Gasteiger partial charge in [-0.2, -0.15) is 13.2 Å². The standard InChI is InChI=1S/C12H15F3N4/c13-12(14,15)10-8-6-16-7-9(8)17-11(18-10)19-4-2-1-3-5-19/h16H,1-7H2. The van der Waals surface area contributed by atoms with E-state index in [1.54, 1.807) is 0 Å². The number of nitrogens with one attached hydrogen (secondary N) is 1. The van der Waals surface area contributed by atoms with Crippen LogP contribution in [0.1, 0.15) is 36.2 Å². The van der Waals surface area contributed by atoms with Crippen molar-refractivity contribution in [2.75, 3.05) is 18.0 Å². The van der Waals surface area contributed by atoms with E-state index in [4.69, 9.17) is 0 Å². The zero-order valence-electron chi connectivity index (χ0n) is 10.4. The molecule has 0 aromatic carbocycles. The molecule has 1 saturated heterocycles. The number of alkyl halides is 3. The van der Waals surface area contributed by atoms with Crippen LogP contribution in [0.15, 0.2) is 0 Å². The van der Waals surface area contributed by atoms with E-state index in [-0.39, 0.29) is 18.1 Å². The van der Waals surface area contributed by atoms with E-state index < -0.39 is 11.9 Å². The maximum absolute atomic E-state index is 13.1. The molecule has 1 aromatic heterocycles. The van der Waals surface area contributed by atoms with Crippen molar-refractivity contribution < 1.29 is 13.2 Å². The number of hydrogen-bond donors (Lipinski definition) is 1. The van der Waals surface area contributed by atoms with Crippen molar-refractivity contribution in [1.82, 2.24) is 15.3 Å². The molecule has 19 heavy (non-hydrogen) atoms. The van der Waals surface area contributed by atoms with Crippen LogP contribution in [0.2, 0.25) is 0 Å². The molecule has 1 fully saturated rings. The Hall–Kier alpha value is -1.37. The molecular formula is C12H15F3N4. The Labute approximate surface area is 109 Å². The van der Waals surface area contributed by atoms with Crippen LogP contribution in [0.5, 0.6) is 0 Å². The largest absolute Gasteiger partial charge is 0.433 e. The lowest BCUT2D eigenvalue weighted by Gasteiger charge is -2.27. The first kappa shape index (κ1) is 12.7. The average molecular weight is 272 g/mol. The maximum atomic E-state index is 13.1. The second kappa shape index (κ2) is 4.63. The summed E-state index contributed by atoms with van der Waals surface area (Å²) in [6, 6.07) is 0. The zero-order chi connectivity index (χ0) is 13.5. The Morgan fingerprint density at radius 1 is 1.00 bits per heavy atom. The van der Waals surface area contributed by atoms with Gasteiger partial charge in [-0.3, -0.25) is 0 Å². The van der Waals surface area contributed by atoms with Crippen molar-refractivity contribution in [3.8, 4) is 0 Å². The Balaban J connectivity index is 2.02. The summed E-state index contributed by atoms with van der Waals surface area (Å²) in [7, 11) is 0. The fourth-order valence-electron chi connectivity index (χ4n) is 2.63. The van der Waals surface area contributed by atoms with E-state index in [2.05, 4.69) is 15.3 Å². The second-order valence-electron chi connectivity index (χ2n) is 4.95. The molecule has 0 atom stereocenters. The molecule has 2 aliphatic heterocycles. The summed E-state index contributed by atoms with van der Waals surface area (Å²) in [5, 5.41) is 2.91. The molecule has 104 valence electrons. The zero-order valence-corrected chi connectivity index (χ0v) is 10.4. The van der Waals surface area contributed by atoms with Crippen LogP contribution < -0.4 is 10.2 Å². The van der Waals surface area contributed by atoms with E-state index in [1.165, 1.54) is 0 Å². The maximum Gasteiger partial charge on any atom is 0.433 e. The summed E-state index contributed by atoms with van der Waals surface area (Å²) in [6.45, 7) is 2.07. The lowest BCUT2D eigenvalue weighted by atomic mass is 10.1. The minimum atomic E-state index is -4.41. The van der Waals surface area contributed by atoms with Gasteiger partial charge >= 0.3 is 6.18 Å². The number of fused-ring (bicyclic) bond motifs is 1. The summed E-state index contributed by atoms with van der Waals surface area (Å²) < 4.78 is 39.2. The molecule has 7 heteroatoms. The van der Waals surface area contributed by atoms with Crippen molar-refractivity contribution >= 4 is 5.95 Å². The lowest BCUT2D eigenvalue weighted by molar-refractivity contribution is -0.141. The van der Waals surface area contributed by atoms with Crippen molar-refractivity contribution in [2.24, 2.45) is 0 Å². The van der Waals surface area contributed by atoms with E-state index in [9.17, 15) is 13.2 Å². The van der Waals surface area contributed by atoms with E-state index in [1.807, 2.05) is 4.90 Å². The van der Waals surface area contributed by atoms with Gasteiger partial charge in [-0.25, -0.2) is 9.97 Å². The fraction of sp³-hybridized carbons (Fsp3) is 0.667. The van der Waals surface area contributed by atoms with E-state index in [0.29, 0.717) is 12.2 Å². The van der Waals surface area contributed by atoms with Gasteiger partial charge in [-0.1, -0.05) is 0 Å². The third kappa shape index (κ3) is 2.39. The molecule has 4 nitrogen and oxygen atoms in total. The molecule has 0 spiro atoms. The molecule has 2 aliphatic rings. The summed E-state index contributed by atoms with van der Waals surface area (Å²) in [5.74, 6) is 0.231. The average Bonchev–Trinajstić information content (AvgIpc) is 2.85. The van der Waals surface area contributed by atoms with Crippen molar-refractivity contribution in [1.29, 1.82) is 0 Å². The molecule has 0 aliphatic carbocycles. The number of rotatable bonds is 1. The molecule has 3 heterocycles. The first-order chi connectivity index (χ1) is 9.05. The Kier molecular flexibility index (Phi) is 3.08. The molecule has 0 unspecified atom stereocenters. The van der Waals surface area contributed by atoms with Gasteiger partial charge in [-0.05, 0) is 19.3 Å². The molecule has 0 amide bonds. The van der Waals surface area contributed by atoms with Crippen LogP contribution in [-0.4, -0.2) is 23.1 Å². The summed E-state index contributed by atoms with van der Waals surface area (Å²) in [4.78, 5) is 9.95. The molecule has 0 saturated carbocycles. The summed E-state index contributed by atoms with van der Waals surface area (Å²) in [5.41, 5.74) is -0.0840. The minimum absolute atomic E-state index is 0.199. The molecule has 0 radical (unpaired) electrons. The highest BCUT2D eigenvalue weighted by molar-refractivity contribution is 5.40. The topological polar surface area (TPSA) is 41.1 Å². The van der Waals surface area contributed by atoms with Crippen LogP contribution in [0.3, 0.4) is 0 Å². The predicted octanol–water partition coefficient (Wildman–Crippen LogP) is 2.09. The van der Waals surface area contributed by atoms with Crippen molar-refractivity contribution in [2.45, 2.75) is 38.5 Å². The van der Waals surface area contributed by atoms with Gasteiger partial charge in [-0.15, -0.1) is 0 Å². The summed E-state index contributed by atoms with van der Waals surface area (Å²) >= 11 is 0. The SMILES string of the molecule is FC(F)(F)c1nc(N2CCCCC2)nc2c1CNC2. The van der Waals surface area contributed by atoms with Gasteiger partial charge in [0, 0.05) is 31.7 Å². The quantitative estimate of drug-likeness (QED) is 0.850. The van der Waals surface area contributed by atoms with Gasteiger partial charge in [0.2, 0.25) is 5.95 Å². The monoisotopic (exact) mass is 272 g/mol. The molecule has 1 N–H and O–H groups in total. The van der Waals surface area contributed by atoms with Gasteiger partial charge in [0.1, 0.15) is 0 Å². The normalized spacial score (nSPS) is 19.6. The number of aromatic nitrogens is 2. The Morgan fingerprint density at radius 3 is 2.42 bits per heavy atom. The van der Waals surface area contributed by atoms with Crippen molar-refractivity contribution in [3.63, 3.8) is 0 Å². The molecule has 0 bridgehead atoms. The number of hydrogen-bond acceptors (Lipinski definition) is 4. The van der Waals surface area contributed by atoms with E-state index >= 15 is 0 Å². The minimum Gasteiger partial charge on any atom is -0.341 e. The van der Waals surface area contributed by atoms with Crippen LogP contribution in [-0.2, 0) is 19.3 Å². The first-order valence-electron chi connectivity index (χ1n) is 6.48. The number of nitrogens with zero attached hydrogens (tertiary/aromatic N) is 3. The number of halogens is 3. The van der Waals surface area contributed by atoms with Gasteiger partial charge in [0.05, 0.1) is 5.69 Å². The third-order valence-corrected chi connectivity index (χ3v) is 3.58. The van der Waals surface area contributed by atoms with Crippen molar-refractivity contribution in [3.05, 3.63) is 17.0 Å². The van der Waals surface area contributed by atoms with Crippen LogP contribution >= 0.6 is 0 Å². The third-order valence-electron chi connectivity index (χ3n) is 3.58.